The van der Waals surface area contributed by atoms with Crippen molar-refractivity contribution in [1.82, 2.24) is 29.7 Å². The van der Waals surface area contributed by atoms with E-state index >= 15 is 0 Å². The van der Waals surface area contributed by atoms with E-state index in [0.29, 0.717) is 35.0 Å². The second-order valence-corrected chi connectivity index (χ2v) is 12.1. The minimum atomic E-state index is -0.630. The number of halogens is 1. The van der Waals surface area contributed by atoms with E-state index in [9.17, 15) is 4.79 Å². The standard InChI is InChI=1S/C29H34ClN7O3/c1-16-6-8-18(9-7-16)17(2)37-26-21(33-28(37)36-10-11-39-24-5-3-4-23(24)36)13-22(27-34-29(38)40-35-27)32-25(26)19-12-20(30)15-31-14-19/h12-18,23-24H,3-11H2,1-2H3,(H,34,35,38)/t16?,17?,18?,23-,24-/m1/s1. The first-order valence-electron chi connectivity index (χ1n) is 14.4. The number of anilines is 1. The molecule has 0 bridgehead atoms. The van der Waals surface area contributed by atoms with E-state index in [-0.39, 0.29) is 18.0 Å². The van der Waals surface area contributed by atoms with Crippen molar-refractivity contribution >= 4 is 28.6 Å². The third-order valence-electron chi connectivity index (χ3n) is 9.20. The van der Waals surface area contributed by atoms with E-state index in [2.05, 4.69) is 38.4 Å². The summed E-state index contributed by atoms with van der Waals surface area (Å²) in [7, 11) is 0. The number of H-pyrrole nitrogens is 1. The number of hydrogen-bond donors (Lipinski definition) is 1. The van der Waals surface area contributed by atoms with Gasteiger partial charge in [0.25, 0.3) is 0 Å². The average Bonchev–Trinajstić information content (AvgIpc) is 3.70. The maximum absolute atomic E-state index is 11.8. The quantitative estimate of drug-likeness (QED) is 0.332. The number of morpholine rings is 1. The van der Waals surface area contributed by atoms with E-state index in [4.69, 9.17) is 30.8 Å². The summed E-state index contributed by atoms with van der Waals surface area (Å²) in [6.07, 6.45) is 11.8. The van der Waals surface area contributed by atoms with Crippen LogP contribution in [0.3, 0.4) is 0 Å². The molecule has 1 saturated heterocycles. The van der Waals surface area contributed by atoms with Crippen molar-refractivity contribution in [3.05, 3.63) is 40.1 Å². The van der Waals surface area contributed by atoms with Crippen LogP contribution in [0.15, 0.2) is 33.8 Å². The van der Waals surface area contributed by atoms with Crippen LogP contribution in [0.25, 0.3) is 33.8 Å². The minimum Gasteiger partial charge on any atom is -0.374 e. The van der Waals surface area contributed by atoms with Crippen LogP contribution < -0.4 is 10.7 Å². The third kappa shape index (κ3) is 4.51. The molecule has 7 rings (SSSR count). The second-order valence-electron chi connectivity index (χ2n) is 11.7. The van der Waals surface area contributed by atoms with Crippen molar-refractivity contribution in [1.29, 1.82) is 0 Å². The van der Waals surface area contributed by atoms with Crippen LogP contribution in [0.4, 0.5) is 5.95 Å². The lowest BCUT2D eigenvalue weighted by Crippen LogP contribution is -2.50. The summed E-state index contributed by atoms with van der Waals surface area (Å²) in [6.45, 7) is 6.18. The summed E-state index contributed by atoms with van der Waals surface area (Å²) in [6, 6.07) is 4.28. The third-order valence-corrected chi connectivity index (χ3v) is 9.41. The highest BCUT2D eigenvalue weighted by Crippen LogP contribution is 2.43. The highest BCUT2D eigenvalue weighted by molar-refractivity contribution is 6.30. The number of aromatic amines is 1. The summed E-state index contributed by atoms with van der Waals surface area (Å²) in [5.74, 6) is 1.89. The average molecular weight is 564 g/mol. The largest absolute Gasteiger partial charge is 0.439 e. The van der Waals surface area contributed by atoms with Gasteiger partial charge in [0.15, 0.2) is 0 Å². The van der Waals surface area contributed by atoms with E-state index in [1.54, 1.807) is 12.4 Å². The predicted molar refractivity (Wildman–Crippen MR) is 152 cm³/mol. The van der Waals surface area contributed by atoms with Gasteiger partial charge in [-0.05, 0) is 63.0 Å². The van der Waals surface area contributed by atoms with E-state index < -0.39 is 5.76 Å². The number of pyridine rings is 2. The summed E-state index contributed by atoms with van der Waals surface area (Å²) in [4.78, 5) is 31.6. The molecule has 1 N–H and O–H groups in total. The summed E-state index contributed by atoms with van der Waals surface area (Å²) in [5.41, 5.74) is 3.70. The molecule has 0 amide bonds. The smallest absolute Gasteiger partial charge is 0.374 e. The van der Waals surface area contributed by atoms with Gasteiger partial charge >= 0.3 is 5.76 Å². The van der Waals surface area contributed by atoms with Gasteiger partial charge in [-0.3, -0.25) is 14.5 Å². The van der Waals surface area contributed by atoms with Crippen LogP contribution in [-0.2, 0) is 4.74 Å². The summed E-state index contributed by atoms with van der Waals surface area (Å²) >= 11 is 6.42. The van der Waals surface area contributed by atoms with Crippen LogP contribution in [0, 0.1) is 11.8 Å². The fraction of sp³-hybridized carbons (Fsp3) is 0.552. The molecule has 3 atom stereocenters. The molecular formula is C29H34ClN7O3. The molecule has 5 heterocycles. The van der Waals surface area contributed by atoms with Crippen molar-refractivity contribution in [3.8, 4) is 22.8 Å². The lowest BCUT2D eigenvalue weighted by atomic mass is 9.79. The number of rotatable bonds is 5. The number of fused-ring (bicyclic) bond motifs is 2. The second kappa shape index (κ2) is 10.3. The number of ether oxygens (including phenoxy) is 1. The van der Waals surface area contributed by atoms with Gasteiger partial charge in [0.1, 0.15) is 5.69 Å². The molecule has 4 aromatic rings. The van der Waals surface area contributed by atoms with Gasteiger partial charge in [-0.25, -0.2) is 14.8 Å². The van der Waals surface area contributed by atoms with Crippen LogP contribution in [0.1, 0.15) is 64.8 Å². The highest BCUT2D eigenvalue weighted by atomic mass is 35.5. The van der Waals surface area contributed by atoms with Crippen LogP contribution in [0.2, 0.25) is 5.02 Å². The SMILES string of the molecule is CC1CCC(C(C)n2c(N3CCO[C@@H]4CCC[C@H]43)nc3cc(-c4noc(=O)[nH]4)nc(-c4cncc(Cl)c4)c32)CC1. The fourth-order valence-corrected chi connectivity index (χ4v) is 7.23. The van der Waals surface area contributed by atoms with Gasteiger partial charge in [-0.1, -0.05) is 36.5 Å². The lowest BCUT2D eigenvalue weighted by Gasteiger charge is -2.40. The Morgan fingerprint density at radius 1 is 1.10 bits per heavy atom. The number of aromatic nitrogens is 6. The minimum absolute atomic E-state index is 0.209. The van der Waals surface area contributed by atoms with Gasteiger partial charge in [0.05, 0.1) is 40.5 Å². The molecule has 11 heteroatoms. The Labute approximate surface area is 237 Å². The molecule has 210 valence electrons. The molecule has 40 heavy (non-hydrogen) atoms. The fourth-order valence-electron chi connectivity index (χ4n) is 7.05. The number of hydrogen-bond acceptors (Lipinski definition) is 8. The first kappa shape index (κ1) is 25.7. The van der Waals surface area contributed by atoms with Gasteiger partial charge in [-0.2, -0.15) is 0 Å². The van der Waals surface area contributed by atoms with E-state index in [1.807, 2.05) is 12.1 Å². The van der Waals surface area contributed by atoms with Crippen molar-refractivity contribution in [2.24, 2.45) is 11.8 Å². The lowest BCUT2D eigenvalue weighted by molar-refractivity contribution is 0.0245. The van der Waals surface area contributed by atoms with Gasteiger partial charge in [0, 0.05) is 30.5 Å². The molecule has 10 nitrogen and oxygen atoms in total. The Morgan fingerprint density at radius 2 is 1.95 bits per heavy atom. The van der Waals surface area contributed by atoms with Crippen molar-refractivity contribution in [2.75, 3.05) is 18.1 Å². The molecule has 2 saturated carbocycles. The van der Waals surface area contributed by atoms with E-state index in [0.717, 1.165) is 54.3 Å². The normalized spacial score (nSPS) is 25.8. The molecule has 3 fully saturated rings. The zero-order valence-electron chi connectivity index (χ0n) is 22.8. The van der Waals surface area contributed by atoms with E-state index in [1.165, 1.54) is 25.7 Å². The van der Waals surface area contributed by atoms with Crippen molar-refractivity contribution < 1.29 is 9.26 Å². The Morgan fingerprint density at radius 3 is 2.73 bits per heavy atom. The monoisotopic (exact) mass is 563 g/mol. The zero-order chi connectivity index (χ0) is 27.4. The maximum Gasteiger partial charge on any atom is 0.439 e. The molecule has 0 aromatic carbocycles. The molecule has 1 unspecified atom stereocenters. The maximum atomic E-state index is 11.8. The molecule has 2 aliphatic carbocycles. The molecule has 0 radical (unpaired) electrons. The first-order valence-corrected chi connectivity index (χ1v) is 14.8. The predicted octanol–water partition coefficient (Wildman–Crippen LogP) is 5.64. The molecule has 0 spiro atoms. The first-order chi connectivity index (χ1) is 19.5. The van der Waals surface area contributed by atoms with Gasteiger partial charge in [-0.15, -0.1) is 0 Å². The highest BCUT2D eigenvalue weighted by Gasteiger charge is 2.40. The molecule has 1 aliphatic heterocycles. The van der Waals surface area contributed by atoms with Crippen LogP contribution >= 0.6 is 11.6 Å². The zero-order valence-corrected chi connectivity index (χ0v) is 23.6. The van der Waals surface area contributed by atoms with Gasteiger partial charge in [0.2, 0.25) is 11.8 Å². The molecule has 4 aromatic heterocycles. The van der Waals surface area contributed by atoms with Crippen LogP contribution in [0.5, 0.6) is 0 Å². The number of nitrogens with one attached hydrogen (secondary N) is 1. The number of imidazole rings is 1. The van der Waals surface area contributed by atoms with Crippen molar-refractivity contribution in [3.63, 3.8) is 0 Å². The summed E-state index contributed by atoms with van der Waals surface area (Å²) < 4.78 is 13.4. The Hall–Kier alpha value is -3.24. The Kier molecular flexibility index (Phi) is 6.62. The summed E-state index contributed by atoms with van der Waals surface area (Å²) in [5, 5.41) is 4.44. The van der Waals surface area contributed by atoms with Crippen molar-refractivity contribution in [2.45, 2.75) is 77.0 Å². The number of nitrogens with zero attached hydrogens (tertiary/aromatic N) is 6. The van der Waals surface area contributed by atoms with Gasteiger partial charge < -0.3 is 14.2 Å². The molecular weight excluding hydrogens is 530 g/mol. The molecule has 3 aliphatic rings. The van der Waals surface area contributed by atoms with Crippen LogP contribution in [-0.4, -0.2) is 55.0 Å². The topological polar surface area (TPSA) is 115 Å². The Balaban J connectivity index is 1.47. The Bertz CT molecular complexity index is 1590.